The number of aliphatic hydroxyl groups is 1. The minimum atomic E-state index is -3.57. The van der Waals surface area contributed by atoms with Gasteiger partial charge in [0.15, 0.2) is 0 Å². The first-order chi connectivity index (χ1) is 19.4. The normalized spacial score (nSPS) is 15.8. The number of carbonyl (C=O) groups excluding carboxylic acids is 2. The number of sulfonamides is 1. The lowest BCUT2D eigenvalue weighted by atomic mass is 10.0. The summed E-state index contributed by atoms with van der Waals surface area (Å²) in [5.41, 5.74) is 1.98. The molecule has 2 aromatic carbocycles. The van der Waals surface area contributed by atoms with Gasteiger partial charge >= 0.3 is 5.97 Å². The molecule has 5 N–H and O–H groups in total. The van der Waals surface area contributed by atoms with Crippen LogP contribution in [0.3, 0.4) is 0 Å². The molecule has 2 aromatic rings. The summed E-state index contributed by atoms with van der Waals surface area (Å²) in [5.74, 6) is -0.735. The summed E-state index contributed by atoms with van der Waals surface area (Å²) in [5, 5.41) is 26.7. The van der Waals surface area contributed by atoms with E-state index in [-0.39, 0.29) is 42.5 Å². The summed E-state index contributed by atoms with van der Waals surface area (Å²) >= 11 is 0. The van der Waals surface area contributed by atoms with Gasteiger partial charge in [-0.1, -0.05) is 19.9 Å². The zero-order chi connectivity index (χ0) is 30.2. The van der Waals surface area contributed by atoms with Gasteiger partial charge in [-0.2, -0.15) is 0 Å². The van der Waals surface area contributed by atoms with Crippen LogP contribution < -0.4 is 20.3 Å². The van der Waals surface area contributed by atoms with Crippen molar-refractivity contribution in [2.24, 2.45) is 5.92 Å². The van der Waals surface area contributed by atoms with Crippen molar-refractivity contribution < 1.29 is 33.0 Å². The molecule has 0 saturated carbocycles. The highest BCUT2D eigenvalue weighted by Crippen LogP contribution is 2.28. The van der Waals surface area contributed by atoms with Gasteiger partial charge in [-0.15, -0.1) is 0 Å². The van der Waals surface area contributed by atoms with Gasteiger partial charge in [-0.3, -0.25) is 9.52 Å². The highest BCUT2D eigenvalue weighted by molar-refractivity contribution is 7.92. The van der Waals surface area contributed by atoms with Gasteiger partial charge in [0.05, 0.1) is 24.7 Å². The van der Waals surface area contributed by atoms with Gasteiger partial charge in [0.25, 0.3) is 5.91 Å². The maximum absolute atomic E-state index is 12.8. The Hall–Kier alpha value is -3.35. The Bertz CT molecular complexity index is 1280. The van der Waals surface area contributed by atoms with E-state index < -0.39 is 28.1 Å². The number of aliphatic hydroxyl groups excluding tert-OH is 1. The van der Waals surface area contributed by atoms with E-state index in [9.17, 15) is 28.2 Å². The topological polar surface area (TPSA) is 157 Å². The molecule has 0 aromatic heterocycles. The summed E-state index contributed by atoms with van der Waals surface area (Å²) in [6.45, 7) is 7.83. The number of anilines is 2. The van der Waals surface area contributed by atoms with E-state index >= 15 is 0 Å². The molecule has 1 aliphatic heterocycles. The average Bonchev–Trinajstić information content (AvgIpc) is 2.92. The molecule has 3 rings (SSSR count). The van der Waals surface area contributed by atoms with Crippen LogP contribution in [0.4, 0.5) is 11.4 Å². The van der Waals surface area contributed by atoms with Gasteiger partial charge < -0.3 is 30.5 Å². The van der Waals surface area contributed by atoms with Crippen molar-refractivity contribution >= 4 is 33.3 Å². The van der Waals surface area contributed by atoms with Gasteiger partial charge in [-0.05, 0) is 74.1 Å². The molecule has 12 heteroatoms. The summed E-state index contributed by atoms with van der Waals surface area (Å²) in [4.78, 5) is 27.3. The first-order valence-electron chi connectivity index (χ1n) is 13.9. The number of nitrogens with one attached hydrogen (secondary N) is 3. The van der Waals surface area contributed by atoms with Gasteiger partial charge in [0.1, 0.15) is 11.8 Å². The molecule has 226 valence electrons. The molecule has 0 aliphatic carbocycles. The van der Waals surface area contributed by atoms with Crippen molar-refractivity contribution in [2.45, 2.75) is 58.2 Å². The first kappa shape index (κ1) is 32.2. The van der Waals surface area contributed by atoms with Crippen molar-refractivity contribution in [3.05, 3.63) is 53.6 Å². The second kappa shape index (κ2) is 14.5. The Labute approximate surface area is 242 Å². The molecule has 1 amide bonds. The minimum absolute atomic E-state index is 0.0234. The fourth-order valence-electron chi connectivity index (χ4n) is 4.77. The van der Waals surface area contributed by atoms with Crippen molar-refractivity contribution in [3.63, 3.8) is 0 Å². The zero-order valence-corrected chi connectivity index (χ0v) is 24.9. The molecule has 0 radical (unpaired) electrons. The smallest absolute Gasteiger partial charge is 0.328 e. The number of hydrogen-bond donors (Lipinski definition) is 5. The van der Waals surface area contributed by atoms with Crippen LogP contribution in [0, 0.1) is 5.92 Å². The van der Waals surface area contributed by atoms with Crippen LogP contribution in [0.2, 0.25) is 0 Å². The number of rotatable bonds is 13. The maximum Gasteiger partial charge on any atom is 0.328 e. The Morgan fingerprint density at radius 2 is 1.76 bits per heavy atom. The number of piperidine rings is 1. The number of benzene rings is 2. The fraction of sp³-hybridized carbons (Fsp3) is 0.517. The predicted molar refractivity (Wildman–Crippen MR) is 159 cm³/mol. The fourth-order valence-corrected chi connectivity index (χ4v) is 5.34. The van der Waals surface area contributed by atoms with Crippen LogP contribution in [0.15, 0.2) is 42.5 Å². The molecular formula is C29H42N4O7S. The van der Waals surface area contributed by atoms with Gasteiger partial charge in [-0.25, -0.2) is 13.2 Å². The SMILES string of the molecule is CCOC(=O)C(CC(C)C)NC(=O)c1ccc(N2CCC(NCC(O)c3ccc(O)c(NS(C)(=O)=O)c3)CC2)cc1. The molecule has 41 heavy (non-hydrogen) atoms. The number of phenols is 1. The number of amides is 1. The van der Waals surface area contributed by atoms with E-state index in [0.29, 0.717) is 17.5 Å². The van der Waals surface area contributed by atoms with Crippen molar-refractivity contribution in [1.82, 2.24) is 10.6 Å². The largest absolute Gasteiger partial charge is 0.506 e. The van der Waals surface area contributed by atoms with Crippen molar-refractivity contribution in [3.8, 4) is 5.75 Å². The zero-order valence-electron chi connectivity index (χ0n) is 24.1. The lowest BCUT2D eigenvalue weighted by Gasteiger charge is -2.34. The van der Waals surface area contributed by atoms with Gasteiger partial charge in [0, 0.05) is 36.9 Å². The van der Waals surface area contributed by atoms with E-state index in [1.54, 1.807) is 25.1 Å². The van der Waals surface area contributed by atoms with E-state index in [1.807, 2.05) is 26.0 Å². The molecule has 1 heterocycles. The van der Waals surface area contributed by atoms with Crippen LogP contribution >= 0.6 is 0 Å². The maximum atomic E-state index is 12.8. The Balaban J connectivity index is 1.50. The van der Waals surface area contributed by atoms with Crippen LogP contribution in [0.1, 0.15) is 62.1 Å². The molecule has 0 bridgehead atoms. The summed E-state index contributed by atoms with van der Waals surface area (Å²) < 4.78 is 30.4. The highest BCUT2D eigenvalue weighted by Gasteiger charge is 2.24. The Kier molecular flexibility index (Phi) is 11.4. The second-order valence-electron chi connectivity index (χ2n) is 10.8. The quantitative estimate of drug-likeness (QED) is 0.175. The molecule has 0 spiro atoms. The molecular weight excluding hydrogens is 548 g/mol. The van der Waals surface area contributed by atoms with Crippen molar-refractivity contribution in [1.29, 1.82) is 0 Å². The molecule has 1 fully saturated rings. The van der Waals surface area contributed by atoms with Crippen LogP contribution in [-0.2, 0) is 19.6 Å². The number of ether oxygens (including phenoxy) is 1. The third-order valence-electron chi connectivity index (χ3n) is 6.87. The Morgan fingerprint density at radius 3 is 2.34 bits per heavy atom. The number of aromatic hydroxyl groups is 1. The second-order valence-corrected chi connectivity index (χ2v) is 12.5. The summed E-state index contributed by atoms with van der Waals surface area (Å²) in [6.07, 6.45) is 2.31. The monoisotopic (exact) mass is 590 g/mol. The molecule has 2 unspecified atom stereocenters. The molecule has 2 atom stereocenters. The average molecular weight is 591 g/mol. The number of esters is 1. The van der Waals surface area contributed by atoms with Crippen LogP contribution in [0.5, 0.6) is 5.75 Å². The number of carbonyl (C=O) groups is 2. The predicted octanol–water partition coefficient (Wildman–Crippen LogP) is 2.76. The number of phenolic OH excluding ortho intramolecular Hbond substituents is 1. The number of nitrogens with zero attached hydrogens (tertiary/aromatic N) is 1. The number of hydrogen-bond acceptors (Lipinski definition) is 9. The third kappa shape index (κ3) is 9.91. The van der Waals surface area contributed by atoms with Crippen LogP contribution in [0.25, 0.3) is 0 Å². The molecule has 11 nitrogen and oxygen atoms in total. The standard InChI is InChI=1S/C29H42N4O7S/c1-5-40-29(37)25(16-19(2)3)31-28(36)20-6-9-23(10-7-20)33-14-12-22(13-15-33)30-18-27(35)21-8-11-26(34)24(17-21)32-41(4,38)39/h6-11,17,19,22,25,27,30,32,34-35H,5,12-16,18H2,1-4H3,(H,31,36). The highest BCUT2D eigenvalue weighted by atomic mass is 32.2. The van der Waals surface area contributed by atoms with E-state index in [2.05, 4.69) is 20.3 Å². The van der Waals surface area contributed by atoms with E-state index in [1.165, 1.54) is 12.1 Å². The summed E-state index contributed by atoms with van der Waals surface area (Å²) in [6, 6.07) is 11.2. The van der Waals surface area contributed by atoms with E-state index in [0.717, 1.165) is 37.9 Å². The third-order valence-corrected chi connectivity index (χ3v) is 7.46. The van der Waals surface area contributed by atoms with Crippen LogP contribution in [-0.4, -0.2) is 75.1 Å². The molecule has 1 saturated heterocycles. The van der Waals surface area contributed by atoms with Gasteiger partial charge in [0.2, 0.25) is 10.0 Å². The van der Waals surface area contributed by atoms with Crippen molar-refractivity contribution in [2.75, 3.05) is 42.1 Å². The minimum Gasteiger partial charge on any atom is -0.506 e. The lowest BCUT2D eigenvalue weighted by molar-refractivity contribution is -0.145. The Morgan fingerprint density at radius 1 is 1.10 bits per heavy atom. The summed E-state index contributed by atoms with van der Waals surface area (Å²) in [7, 11) is -3.57. The lowest BCUT2D eigenvalue weighted by Crippen LogP contribution is -2.43. The van der Waals surface area contributed by atoms with E-state index in [4.69, 9.17) is 4.74 Å². The molecule has 1 aliphatic rings. The first-order valence-corrected chi connectivity index (χ1v) is 15.8.